The van der Waals surface area contributed by atoms with Crippen LogP contribution in [-0.4, -0.2) is 26.6 Å². The van der Waals surface area contributed by atoms with E-state index in [1.165, 1.54) is 30.3 Å². The van der Waals surface area contributed by atoms with Crippen molar-refractivity contribution in [2.75, 3.05) is 11.6 Å². The molecule has 0 aromatic heterocycles. The highest BCUT2D eigenvalue weighted by molar-refractivity contribution is 7.90. The predicted molar refractivity (Wildman–Crippen MR) is 145 cm³/mol. The van der Waals surface area contributed by atoms with Crippen molar-refractivity contribution in [3.8, 4) is 11.1 Å². The van der Waals surface area contributed by atoms with E-state index in [0.717, 1.165) is 6.26 Å². The molecule has 0 heterocycles. The Morgan fingerprint density at radius 1 is 0.868 bits per heavy atom. The third-order valence-corrected chi connectivity index (χ3v) is 7.26. The molecule has 0 aliphatic heterocycles. The van der Waals surface area contributed by atoms with Crippen LogP contribution in [0.4, 0.5) is 14.9 Å². The lowest BCUT2D eigenvalue weighted by molar-refractivity contribution is -0.124. The summed E-state index contributed by atoms with van der Waals surface area (Å²) in [7, 11) is -3.76. The van der Waals surface area contributed by atoms with Crippen molar-refractivity contribution in [2.45, 2.75) is 16.9 Å². The Balaban J connectivity index is 1.85. The second kappa shape index (κ2) is 10.9. The van der Waals surface area contributed by atoms with Gasteiger partial charge in [0.05, 0.1) is 4.90 Å². The van der Waals surface area contributed by atoms with E-state index in [1.54, 1.807) is 66.7 Å². The maximum absolute atomic E-state index is 13.3. The molecule has 194 valence electrons. The van der Waals surface area contributed by atoms with Gasteiger partial charge < -0.3 is 16.4 Å². The first-order chi connectivity index (χ1) is 18.1. The zero-order valence-corrected chi connectivity index (χ0v) is 21.3. The molecule has 0 radical (unpaired) electrons. The Bertz CT molecular complexity index is 1560. The van der Waals surface area contributed by atoms with E-state index >= 15 is 0 Å². The zero-order chi connectivity index (χ0) is 27.3. The maximum Gasteiger partial charge on any atom is 0.320 e. The minimum atomic E-state index is -3.76. The van der Waals surface area contributed by atoms with Crippen LogP contribution in [0.2, 0.25) is 0 Å². The van der Waals surface area contributed by atoms with E-state index in [2.05, 4.69) is 10.6 Å². The molecule has 0 bridgehead atoms. The van der Waals surface area contributed by atoms with Crippen molar-refractivity contribution in [1.82, 2.24) is 5.32 Å². The number of urea groups is 1. The standard InChI is InChI=1S/C29H26FN3O4S/c1-38(36,37)26-18-22(12-17-25(26)21-10-6-3-7-11-21)29(27(31)34,19-20-8-4-2-5-9-20)33-28(35)32-24-15-13-23(30)14-16-24/h2-18H,19H2,1H3,(H2,31,34)(H2,32,33,35)/t29-/m1/s1. The van der Waals surface area contributed by atoms with Gasteiger partial charge in [0.15, 0.2) is 9.84 Å². The molecule has 4 aromatic rings. The molecule has 9 heteroatoms. The molecule has 0 fully saturated rings. The fraction of sp³-hybridized carbons (Fsp3) is 0.103. The fourth-order valence-corrected chi connectivity index (χ4v) is 5.18. The molecule has 0 aliphatic carbocycles. The van der Waals surface area contributed by atoms with E-state index in [4.69, 9.17) is 5.73 Å². The van der Waals surface area contributed by atoms with Crippen LogP contribution in [0.5, 0.6) is 0 Å². The number of nitrogens with two attached hydrogens (primary N) is 1. The summed E-state index contributed by atoms with van der Waals surface area (Å²) in [5, 5.41) is 5.26. The molecule has 0 aliphatic rings. The van der Waals surface area contributed by atoms with Gasteiger partial charge in [0.1, 0.15) is 11.4 Å². The number of carbonyl (C=O) groups excluding carboxylic acids is 2. The van der Waals surface area contributed by atoms with Crippen LogP contribution in [0.15, 0.2) is 108 Å². The first-order valence-electron chi connectivity index (χ1n) is 11.7. The molecular weight excluding hydrogens is 505 g/mol. The number of hydrogen-bond donors (Lipinski definition) is 3. The molecule has 7 nitrogen and oxygen atoms in total. The van der Waals surface area contributed by atoms with Crippen LogP contribution < -0.4 is 16.4 Å². The summed E-state index contributed by atoms with van der Waals surface area (Å²) < 4.78 is 39.1. The Kier molecular flexibility index (Phi) is 7.59. The summed E-state index contributed by atoms with van der Waals surface area (Å²) in [5.41, 5.74) is 6.42. The zero-order valence-electron chi connectivity index (χ0n) is 20.5. The molecule has 38 heavy (non-hydrogen) atoms. The molecule has 0 saturated carbocycles. The van der Waals surface area contributed by atoms with E-state index in [9.17, 15) is 22.4 Å². The van der Waals surface area contributed by atoms with Crippen LogP contribution in [-0.2, 0) is 26.6 Å². The average Bonchev–Trinajstić information content (AvgIpc) is 2.90. The lowest BCUT2D eigenvalue weighted by atomic mass is 9.82. The third-order valence-electron chi connectivity index (χ3n) is 6.12. The second-order valence-electron chi connectivity index (χ2n) is 8.87. The Labute approximate surface area is 220 Å². The van der Waals surface area contributed by atoms with Crippen LogP contribution in [0, 0.1) is 5.82 Å². The predicted octanol–water partition coefficient (Wildman–Crippen LogP) is 4.64. The smallest absolute Gasteiger partial charge is 0.320 e. The fourth-order valence-electron chi connectivity index (χ4n) is 4.25. The number of sulfone groups is 1. The number of rotatable bonds is 8. The number of benzene rings is 4. The van der Waals surface area contributed by atoms with Gasteiger partial charge in [-0.3, -0.25) is 4.79 Å². The van der Waals surface area contributed by atoms with Gasteiger partial charge in [-0.05, 0) is 47.0 Å². The molecule has 4 aromatic carbocycles. The van der Waals surface area contributed by atoms with Gasteiger partial charge in [-0.2, -0.15) is 0 Å². The number of nitrogens with one attached hydrogen (secondary N) is 2. The summed E-state index contributed by atoms with van der Waals surface area (Å²) in [6, 6.07) is 26.8. The minimum absolute atomic E-state index is 0.0133. The monoisotopic (exact) mass is 531 g/mol. The molecule has 3 amide bonds. The highest BCUT2D eigenvalue weighted by atomic mass is 32.2. The third kappa shape index (κ3) is 5.90. The van der Waals surface area contributed by atoms with Crippen molar-refractivity contribution >= 4 is 27.5 Å². The van der Waals surface area contributed by atoms with E-state index in [-0.39, 0.29) is 16.9 Å². The van der Waals surface area contributed by atoms with Gasteiger partial charge in [-0.25, -0.2) is 17.6 Å². The van der Waals surface area contributed by atoms with Crippen LogP contribution in [0.3, 0.4) is 0 Å². The van der Waals surface area contributed by atoms with Gasteiger partial charge in [-0.1, -0.05) is 72.8 Å². The Morgan fingerprint density at radius 2 is 1.47 bits per heavy atom. The average molecular weight is 532 g/mol. The van der Waals surface area contributed by atoms with Crippen LogP contribution >= 0.6 is 0 Å². The highest BCUT2D eigenvalue weighted by Crippen LogP contribution is 2.34. The van der Waals surface area contributed by atoms with Crippen molar-refractivity contribution in [3.63, 3.8) is 0 Å². The van der Waals surface area contributed by atoms with Gasteiger partial charge in [-0.15, -0.1) is 0 Å². The first kappa shape index (κ1) is 26.6. The SMILES string of the molecule is CS(=O)(=O)c1cc([C@@](Cc2ccccc2)(NC(=O)Nc2ccc(F)cc2)C(N)=O)ccc1-c1ccccc1. The summed E-state index contributed by atoms with van der Waals surface area (Å²) in [5.74, 6) is -1.36. The maximum atomic E-state index is 13.3. The minimum Gasteiger partial charge on any atom is -0.367 e. The molecule has 1 atom stereocenters. The van der Waals surface area contributed by atoms with Crippen molar-refractivity contribution in [1.29, 1.82) is 0 Å². The number of hydrogen-bond acceptors (Lipinski definition) is 4. The lowest BCUT2D eigenvalue weighted by Gasteiger charge is -2.33. The van der Waals surface area contributed by atoms with E-state index in [1.807, 2.05) is 6.07 Å². The molecule has 0 saturated heterocycles. The van der Waals surface area contributed by atoms with Crippen molar-refractivity contribution < 1.29 is 22.4 Å². The van der Waals surface area contributed by atoms with Crippen LogP contribution in [0.25, 0.3) is 11.1 Å². The van der Waals surface area contributed by atoms with E-state index < -0.39 is 33.1 Å². The lowest BCUT2D eigenvalue weighted by Crippen LogP contribution is -2.57. The summed E-state index contributed by atoms with van der Waals surface area (Å²) in [6.07, 6.45) is 1.03. The summed E-state index contributed by atoms with van der Waals surface area (Å²) in [6.45, 7) is 0. The largest absolute Gasteiger partial charge is 0.367 e. The van der Waals surface area contributed by atoms with Crippen LogP contribution in [0.1, 0.15) is 11.1 Å². The molecule has 0 spiro atoms. The van der Waals surface area contributed by atoms with Gasteiger partial charge in [0.25, 0.3) is 0 Å². The van der Waals surface area contributed by atoms with Crippen molar-refractivity contribution in [2.24, 2.45) is 5.73 Å². The van der Waals surface area contributed by atoms with Gasteiger partial charge >= 0.3 is 6.03 Å². The highest BCUT2D eigenvalue weighted by Gasteiger charge is 2.41. The van der Waals surface area contributed by atoms with Gasteiger partial charge in [0, 0.05) is 23.9 Å². The second-order valence-corrected chi connectivity index (χ2v) is 10.9. The summed E-state index contributed by atoms with van der Waals surface area (Å²) in [4.78, 5) is 26.3. The molecule has 4 N–H and O–H groups in total. The number of carbonyl (C=O) groups is 2. The quantitative estimate of drug-likeness (QED) is 0.307. The van der Waals surface area contributed by atoms with Gasteiger partial charge in [0.2, 0.25) is 5.91 Å². The topological polar surface area (TPSA) is 118 Å². The Hall–Kier alpha value is -4.50. The number of amides is 3. The number of anilines is 1. The number of primary amides is 1. The Morgan fingerprint density at radius 3 is 2.05 bits per heavy atom. The normalized spacial score (nSPS) is 12.8. The van der Waals surface area contributed by atoms with E-state index in [0.29, 0.717) is 22.4 Å². The molecular formula is C29H26FN3O4S. The first-order valence-corrected chi connectivity index (χ1v) is 13.6. The summed E-state index contributed by atoms with van der Waals surface area (Å²) >= 11 is 0. The molecule has 0 unspecified atom stereocenters. The molecule has 4 rings (SSSR count). The number of halogens is 1. The van der Waals surface area contributed by atoms with Crippen molar-refractivity contribution in [3.05, 3.63) is 120 Å².